The molecule has 0 aliphatic carbocycles. The lowest BCUT2D eigenvalue weighted by Crippen LogP contribution is -2.15. The van der Waals surface area contributed by atoms with Crippen molar-refractivity contribution in [3.63, 3.8) is 0 Å². The molecule has 5 nitrogen and oxygen atoms in total. The minimum atomic E-state index is -4.76. The standard InChI is InChI=1S/C20H18F3N3O2S/c1-3-13-26-18(20(21,22)23)17(16-12-8-7-9-14(16)2)19(24-26)25-29(27,28)15-10-5-4-6-11-15/h3-12H,1,13H2,2H3,(H,24,25). The lowest BCUT2D eigenvalue weighted by molar-refractivity contribution is -0.143. The molecule has 3 aromatic rings. The maximum absolute atomic E-state index is 13.9. The molecule has 0 aliphatic heterocycles. The van der Waals surface area contributed by atoms with Crippen LogP contribution in [0.2, 0.25) is 0 Å². The smallest absolute Gasteiger partial charge is 0.261 e. The summed E-state index contributed by atoms with van der Waals surface area (Å²) in [4.78, 5) is -0.0810. The van der Waals surface area contributed by atoms with Crippen molar-refractivity contribution in [2.45, 2.75) is 24.5 Å². The van der Waals surface area contributed by atoms with Crippen LogP contribution in [0.1, 0.15) is 11.3 Å². The normalized spacial score (nSPS) is 12.0. The van der Waals surface area contributed by atoms with E-state index in [9.17, 15) is 21.6 Å². The van der Waals surface area contributed by atoms with E-state index in [0.717, 1.165) is 0 Å². The van der Waals surface area contributed by atoms with Crippen molar-refractivity contribution in [1.29, 1.82) is 0 Å². The first kappa shape index (κ1) is 20.7. The summed E-state index contributed by atoms with van der Waals surface area (Å²) in [5.74, 6) is -0.391. The Labute approximate surface area is 166 Å². The fourth-order valence-electron chi connectivity index (χ4n) is 2.97. The molecule has 29 heavy (non-hydrogen) atoms. The van der Waals surface area contributed by atoms with Crippen LogP contribution in [-0.4, -0.2) is 18.2 Å². The number of nitrogens with one attached hydrogen (secondary N) is 1. The first-order chi connectivity index (χ1) is 13.6. The number of hydrogen-bond donors (Lipinski definition) is 1. The predicted octanol–water partition coefficient (Wildman–Crippen LogP) is 4.86. The maximum Gasteiger partial charge on any atom is 0.433 e. The average Bonchev–Trinajstić information content (AvgIpc) is 3.00. The Morgan fingerprint density at radius 2 is 1.72 bits per heavy atom. The Morgan fingerprint density at radius 3 is 2.31 bits per heavy atom. The van der Waals surface area contributed by atoms with Gasteiger partial charge in [-0.1, -0.05) is 48.5 Å². The number of benzene rings is 2. The molecule has 0 atom stereocenters. The summed E-state index contributed by atoms with van der Waals surface area (Å²) in [6.07, 6.45) is -3.50. The third kappa shape index (κ3) is 4.19. The highest BCUT2D eigenvalue weighted by Crippen LogP contribution is 2.42. The van der Waals surface area contributed by atoms with Crippen LogP contribution in [0.25, 0.3) is 11.1 Å². The van der Waals surface area contributed by atoms with Crippen molar-refractivity contribution in [3.8, 4) is 11.1 Å². The van der Waals surface area contributed by atoms with Gasteiger partial charge in [0, 0.05) is 0 Å². The lowest BCUT2D eigenvalue weighted by Gasteiger charge is -2.14. The molecule has 0 spiro atoms. The molecule has 1 heterocycles. The van der Waals surface area contributed by atoms with Crippen molar-refractivity contribution in [2.24, 2.45) is 0 Å². The highest BCUT2D eigenvalue weighted by molar-refractivity contribution is 7.92. The molecule has 0 bridgehead atoms. The van der Waals surface area contributed by atoms with Gasteiger partial charge in [-0.2, -0.15) is 18.3 Å². The Balaban J connectivity index is 2.27. The van der Waals surface area contributed by atoms with Crippen molar-refractivity contribution >= 4 is 15.8 Å². The number of halogens is 3. The molecule has 0 fully saturated rings. The second-order valence-corrected chi connectivity index (χ2v) is 7.96. The zero-order valence-corrected chi connectivity index (χ0v) is 16.3. The van der Waals surface area contributed by atoms with Crippen LogP contribution in [0.5, 0.6) is 0 Å². The molecule has 0 saturated carbocycles. The van der Waals surface area contributed by atoms with Gasteiger partial charge in [-0.3, -0.25) is 9.40 Å². The Hall–Kier alpha value is -3.07. The predicted molar refractivity (Wildman–Crippen MR) is 105 cm³/mol. The van der Waals surface area contributed by atoms with Crippen molar-refractivity contribution in [1.82, 2.24) is 9.78 Å². The topological polar surface area (TPSA) is 64.0 Å². The number of alkyl halides is 3. The number of allylic oxidation sites excluding steroid dienone is 1. The van der Waals surface area contributed by atoms with Gasteiger partial charge < -0.3 is 0 Å². The van der Waals surface area contributed by atoms with Gasteiger partial charge in [0.05, 0.1) is 17.0 Å². The van der Waals surface area contributed by atoms with Crippen molar-refractivity contribution < 1.29 is 21.6 Å². The summed E-state index contributed by atoms with van der Waals surface area (Å²) in [6, 6.07) is 13.8. The zero-order valence-electron chi connectivity index (χ0n) is 15.4. The van der Waals surface area contributed by atoms with Gasteiger partial charge in [-0.25, -0.2) is 8.42 Å². The summed E-state index contributed by atoms with van der Waals surface area (Å²) < 4.78 is 70.2. The quantitative estimate of drug-likeness (QED) is 0.578. The summed E-state index contributed by atoms with van der Waals surface area (Å²) in [5.41, 5.74) is -0.577. The van der Waals surface area contributed by atoms with Gasteiger partial charge in [0.15, 0.2) is 11.5 Å². The van der Waals surface area contributed by atoms with E-state index in [2.05, 4.69) is 16.4 Å². The van der Waals surface area contributed by atoms with Crippen LogP contribution in [0, 0.1) is 6.92 Å². The number of aryl methyl sites for hydroxylation is 1. The van der Waals surface area contributed by atoms with Gasteiger partial charge in [-0.15, -0.1) is 6.58 Å². The molecule has 9 heteroatoms. The van der Waals surface area contributed by atoms with Crippen LogP contribution in [0.4, 0.5) is 19.0 Å². The fraction of sp³-hybridized carbons (Fsp3) is 0.150. The molecular formula is C20H18F3N3O2S. The lowest BCUT2D eigenvalue weighted by atomic mass is 10.00. The number of sulfonamides is 1. The molecule has 2 aromatic carbocycles. The van der Waals surface area contributed by atoms with E-state index in [1.54, 1.807) is 31.2 Å². The molecule has 0 amide bonds. The second-order valence-electron chi connectivity index (χ2n) is 6.27. The van der Waals surface area contributed by atoms with Crippen LogP contribution in [0.3, 0.4) is 0 Å². The molecule has 0 radical (unpaired) electrons. The van der Waals surface area contributed by atoms with Crippen LogP contribution < -0.4 is 4.72 Å². The van der Waals surface area contributed by atoms with Crippen LogP contribution in [0.15, 0.2) is 72.1 Å². The average molecular weight is 421 g/mol. The SMILES string of the molecule is C=CCn1nc(NS(=O)(=O)c2ccccc2)c(-c2ccccc2C)c1C(F)(F)F. The third-order valence-electron chi connectivity index (χ3n) is 4.22. The Kier molecular flexibility index (Phi) is 5.52. The van der Waals surface area contributed by atoms with E-state index in [4.69, 9.17) is 0 Å². The first-order valence-corrected chi connectivity index (χ1v) is 10.1. The number of rotatable bonds is 6. The van der Waals surface area contributed by atoms with Crippen molar-refractivity contribution in [2.75, 3.05) is 4.72 Å². The van der Waals surface area contributed by atoms with Gasteiger partial charge in [0.2, 0.25) is 0 Å². The largest absolute Gasteiger partial charge is 0.433 e. The summed E-state index contributed by atoms with van der Waals surface area (Å²) in [5, 5.41) is 3.93. The summed E-state index contributed by atoms with van der Waals surface area (Å²) >= 11 is 0. The first-order valence-electron chi connectivity index (χ1n) is 8.58. The minimum absolute atomic E-state index is 0.0810. The number of anilines is 1. The monoisotopic (exact) mass is 421 g/mol. The maximum atomic E-state index is 13.9. The molecule has 1 aromatic heterocycles. The van der Waals surface area contributed by atoms with Gasteiger partial charge in [0.25, 0.3) is 10.0 Å². The van der Waals surface area contributed by atoms with Gasteiger partial charge in [-0.05, 0) is 30.2 Å². The minimum Gasteiger partial charge on any atom is -0.261 e. The molecule has 152 valence electrons. The second kappa shape index (κ2) is 7.75. The molecule has 3 rings (SSSR count). The number of hydrogen-bond acceptors (Lipinski definition) is 3. The molecule has 0 unspecified atom stereocenters. The number of aromatic nitrogens is 2. The molecular weight excluding hydrogens is 403 g/mol. The molecule has 0 saturated heterocycles. The van der Waals surface area contributed by atoms with E-state index in [1.807, 2.05) is 0 Å². The van der Waals surface area contributed by atoms with E-state index in [1.165, 1.54) is 36.4 Å². The Bertz CT molecular complexity index is 1140. The van der Waals surface area contributed by atoms with Crippen molar-refractivity contribution in [3.05, 3.63) is 78.5 Å². The zero-order chi connectivity index (χ0) is 21.2. The van der Waals surface area contributed by atoms with E-state index in [0.29, 0.717) is 10.2 Å². The van der Waals surface area contributed by atoms with Gasteiger partial charge >= 0.3 is 6.18 Å². The fourth-order valence-corrected chi connectivity index (χ4v) is 4.00. The van der Waals surface area contributed by atoms with Gasteiger partial charge in [0.1, 0.15) is 0 Å². The van der Waals surface area contributed by atoms with E-state index < -0.39 is 27.7 Å². The van der Waals surface area contributed by atoms with E-state index in [-0.39, 0.29) is 22.6 Å². The van der Waals surface area contributed by atoms with E-state index >= 15 is 0 Å². The third-order valence-corrected chi connectivity index (χ3v) is 5.58. The van der Waals surface area contributed by atoms with Crippen LogP contribution in [-0.2, 0) is 22.7 Å². The molecule has 1 N–H and O–H groups in total. The summed E-state index contributed by atoms with van der Waals surface area (Å²) in [7, 11) is -4.14. The number of nitrogens with zero attached hydrogens (tertiary/aromatic N) is 2. The highest BCUT2D eigenvalue weighted by Gasteiger charge is 2.41. The molecule has 0 aliphatic rings. The highest BCUT2D eigenvalue weighted by atomic mass is 32.2. The summed E-state index contributed by atoms with van der Waals surface area (Å²) in [6.45, 7) is 4.88. The Morgan fingerprint density at radius 1 is 1.10 bits per heavy atom. The van der Waals surface area contributed by atoms with Crippen LogP contribution >= 0.6 is 0 Å².